The van der Waals surface area contributed by atoms with Crippen LogP contribution >= 0.6 is 11.6 Å². The number of aromatic nitrogens is 2. The normalized spacial score (nSPS) is 18.2. The molecular weight excluding hydrogens is 537 g/mol. The van der Waals surface area contributed by atoms with E-state index in [1.165, 1.54) is 18.5 Å². The molecule has 2 aliphatic heterocycles. The number of anilines is 3. The number of nitrogens with one attached hydrogen (secondary N) is 2. The molecule has 0 saturated carbocycles. The topological polar surface area (TPSA) is 97.8 Å². The van der Waals surface area contributed by atoms with Crippen LogP contribution in [0.25, 0.3) is 10.9 Å². The minimum Gasteiger partial charge on any atom is -0.486 e. The second kappa shape index (κ2) is 11.6. The third-order valence-electron chi connectivity index (χ3n) is 6.97. The standard InChI is InChI=1S/C29H27ClFN5O4/c30-23-10-19(6-7-24(23)31)35-28-22-11-26(27(12-25(22)32-16-33-28)40-21-8-9-38-15-21)34-20-13-36(14-20)29(39-17-37)18-4-2-1-3-5-18/h1-7,10-12,16-17,20-21,29,34H,8-9,13-15H2,(H,32,33,35). The first-order valence-corrected chi connectivity index (χ1v) is 13.3. The average molecular weight is 564 g/mol. The molecule has 0 radical (unpaired) electrons. The Labute approximate surface area is 235 Å². The molecule has 2 N–H and O–H groups in total. The second-order valence-corrected chi connectivity index (χ2v) is 10.1. The molecule has 11 heteroatoms. The van der Waals surface area contributed by atoms with Crippen molar-refractivity contribution in [1.82, 2.24) is 14.9 Å². The van der Waals surface area contributed by atoms with Gasteiger partial charge in [0.1, 0.15) is 29.8 Å². The number of benzene rings is 3. The van der Waals surface area contributed by atoms with Gasteiger partial charge in [0.05, 0.1) is 35.5 Å². The van der Waals surface area contributed by atoms with Gasteiger partial charge in [0.25, 0.3) is 6.47 Å². The quantitative estimate of drug-likeness (QED) is 0.249. The molecule has 3 aromatic carbocycles. The van der Waals surface area contributed by atoms with E-state index in [2.05, 4.69) is 25.5 Å². The summed E-state index contributed by atoms with van der Waals surface area (Å²) in [6.45, 7) is 2.98. The number of hydrogen-bond donors (Lipinski definition) is 2. The summed E-state index contributed by atoms with van der Waals surface area (Å²) in [5, 5.41) is 7.58. The molecule has 2 atom stereocenters. The Kier molecular flexibility index (Phi) is 7.63. The van der Waals surface area contributed by atoms with E-state index in [4.69, 9.17) is 25.8 Å². The summed E-state index contributed by atoms with van der Waals surface area (Å²) in [7, 11) is 0. The molecule has 0 aliphatic carbocycles. The Morgan fingerprint density at radius 1 is 1.12 bits per heavy atom. The van der Waals surface area contributed by atoms with Crippen molar-refractivity contribution in [2.45, 2.75) is 24.8 Å². The number of fused-ring (bicyclic) bond motifs is 1. The van der Waals surface area contributed by atoms with Crippen molar-refractivity contribution in [3.8, 4) is 5.75 Å². The molecule has 3 heterocycles. The van der Waals surface area contributed by atoms with E-state index in [0.717, 1.165) is 23.1 Å². The molecular formula is C29H27ClFN5O4. The van der Waals surface area contributed by atoms with Crippen molar-refractivity contribution in [2.24, 2.45) is 0 Å². The van der Waals surface area contributed by atoms with Crippen molar-refractivity contribution in [2.75, 3.05) is 36.9 Å². The predicted molar refractivity (Wildman–Crippen MR) is 149 cm³/mol. The van der Waals surface area contributed by atoms with E-state index < -0.39 is 12.0 Å². The van der Waals surface area contributed by atoms with Crippen molar-refractivity contribution in [3.05, 3.63) is 83.4 Å². The van der Waals surface area contributed by atoms with Gasteiger partial charge in [0.15, 0.2) is 6.23 Å². The third-order valence-corrected chi connectivity index (χ3v) is 7.26. The summed E-state index contributed by atoms with van der Waals surface area (Å²) >= 11 is 5.98. The van der Waals surface area contributed by atoms with Gasteiger partial charge in [-0.3, -0.25) is 9.69 Å². The molecule has 1 aromatic heterocycles. The lowest BCUT2D eigenvalue weighted by Crippen LogP contribution is -2.56. The molecule has 2 saturated heterocycles. The maximum atomic E-state index is 13.7. The van der Waals surface area contributed by atoms with Gasteiger partial charge >= 0.3 is 0 Å². The molecule has 9 nitrogen and oxygen atoms in total. The van der Waals surface area contributed by atoms with Crippen LogP contribution in [0.1, 0.15) is 18.2 Å². The molecule has 4 aromatic rings. The van der Waals surface area contributed by atoms with Gasteiger partial charge in [-0.25, -0.2) is 14.4 Å². The summed E-state index contributed by atoms with van der Waals surface area (Å²) in [6.07, 6.45) is 1.76. The molecule has 206 valence electrons. The highest BCUT2D eigenvalue weighted by molar-refractivity contribution is 6.31. The Bertz CT molecular complexity index is 1500. The minimum absolute atomic E-state index is 0.0158. The summed E-state index contributed by atoms with van der Waals surface area (Å²) in [6, 6.07) is 18.0. The molecule has 2 unspecified atom stereocenters. The van der Waals surface area contributed by atoms with Crippen molar-refractivity contribution in [1.29, 1.82) is 0 Å². The zero-order valence-corrected chi connectivity index (χ0v) is 22.2. The largest absolute Gasteiger partial charge is 0.486 e. The fraction of sp³-hybridized carbons (Fsp3) is 0.276. The summed E-state index contributed by atoms with van der Waals surface area (Å²) < 4.78 is 31.0. The molecule has 0 spiro atoms. The first kappa shape index (κ1) is 26.2. The highest BCUT2D eigenvalue weighted by Crippen LogP contribution is 2.37. The molecule has 2 fully saturated rings. The number of hydrogen-bond acceptors (Lipinski definition) is 9. The maximum absolute atomic E-state index is 13.7. The van der Waals surface area contributed by atoms with Crippen LogP contribution in [0.15, 0.2) is 67.0 Å². The maximum Gasteiger partial charge on any atom is 0.294 e. The van der Waals surface area contributed by atoms with E-state index in [-0.39, 0.29) is 17.2 Å². The van der Waals surface area contributed by atoms with Crippen molar-refractivity contribution < 1.29 is 23.4 Å². The van der Waals surface area contributed by atoms with E-state index in [1.54, 1.807) is 6.07 Å². The Hall–Kier alpha value is -3.99. The van der Waals surface area contributed by atoms with Gasteiger partial charge in [0.2, 0.25) is 0 Å². The van der Waals surface area contributed by atoms with Crippen LogP contribution in [0.3, 0.4) is 0 Å². The summed E-state index contributed by atoms with van der Waals surface area (Å²) in [5.74, 6) is 0.719. The number of carbonyl (C=O) groups excluding carboxylic acids is 1. The van der Waals surface area contributed by atoms with Crippen molar-refractivity contribution >= 4 is 46.2 Å². The zero-order chi connectivity index (χ0) is 27.5. The Balaban J connectivity index is 1.26. The lowest BCUT2D eigenvalue weighted by Gasteiger charge is -2.43. The lowest BCUT2D eigenvalue weighted by atomic mass is 10.0. The number of ether oxygens (including phenoxy) is 3. The number of likely N-dealkylation sites (tertiary alicyclic amines) is 1. The van der Waals surface area contributed by atoms with Crippen LogP contribution in [-0.2, 0) is 14.3 Å². The van der Waals surface area contributed by atoms with Gasteiger partial charge in [-0.2, -0.15) is 0 Å². The average Bonchev–Trinajstić information content (AvgIpc) is 3.46. The fourth-order valence-electron chi connectivity index (χ4n) is 4.95. The highest BCUT2D eigenvalue weighted by Gasteiger charge is 2.35. The third kappa shape index (κ3) is 5.65. The number of halogens is 2. The van der Waals surface area contributed by atoms with Crippen LogP contribution in [0.5, 0.6) is 5.75 Å². The van der Waals surface area contributed by atoms with Crippen LogP contribution in [0.2, 0.25) is 5.02 Å². The van der Waals surface area contributed by atoms with Crippen LogP contribution < -0.4 is 15.4 Å². The first-order valence-electron chi connectivity index (χ1n) is 13.0. The highest BCUT2D eigenvalue weighted by atomic mass is 35.5. The van der Waals surface area contributed by atoms with Gasteiger partial charge in [0, 0.05) is 42.2 Å². The predicted octanol–water partition coefficient (Wildman–Crippen LogP) is 5.30. The lowest BCUT2D eigenvalue weighted by molar-refractivity contribution is -0.149. The van der Waals surface area contributed by atoms with E-state index in [0.29, 0.717) is 55.5 Å². The number of nitrogens with zero attached hydrogens (tertiary/aromatic N) is 3. The van der Waals surface area contributed by atoms with E-state index >= 15 is 0 Å². The fourth-order valence-corrected chi connectivity index (χ4v) is 5.13. The molecule has 40 heavy (non-hydrogen) atoms. The Morgan fingerprint density at radius 2 is 1.98 bits per heavy atom. The van der Waals surface area contributed by atoms with Gasteiger partial charge < -0.3 is 24.8 Å². The van der Waals surface area contributed by atoms with Crippen molar-refractivity contribution in [3.63, 3.8) is 0 Å². The Morgan fingerprint density at radius 3 is 2.73 bits per heavy atom. The second-order valence-electron chi connectivity index (χ2n) is 9.74. The molecule has 0 amide bonds. The van der Waals surface area contributed by atoms with Gasteiger partial charge in [-0.1, -0.05) is 41.9 Å². The van der Waals surface area contributed by atoms with E-state index in [9.17, 15) is 9.18 Å². The number of rotatable bonds is 10. The molecule has 0 bridgehead atoms. The molecule has 2 aliphatic rings. The van der Waals surface area contributed by atoms with E-state index in [1.807, 2.05) is 42.5 Å². The summed E-state index contributed by atoms with van der Waals surface area (Å²) in [5.41, 5.74) is 2.98. The van der Waals surface area contributed by atoms with Crippen LogP contribution in [-0.4, -0.2) is 59.8 Å². The van der Waals surface area contributed by atoms with Crippen LogP contribution in [0.4, 0.5) is 21.6 Å². The molecule has 6 rings (SSSR count). The SMILES string of the molecule is O=COC(c1ccccc1)N1CC(Nc2cc3c(Nc4ccc(F)c(Cl)c4)ncnc3cc2OC2CCOC2)C1. The van der Waals surface area contributed by atoms with Gasteiger partial charge in [-0.05, 0) is 24.3 Å². The summed E-state index contributed by atoms with van der Waals surface area (Å²) in [4.78, 5) is 22.2. The zero-order valence-electron chi connectivity index (χ0n) is 21.4. The number of carbonyl (C=O) groups is 1. The minimum atomic E-state index is -0.494. The van der Waals surface area contributed by atoms with Crippen LogP contribution in [0, 0.1) is 5.82 Å². The smallest absolute Gasteiger partial charge is 0.294 e. The monoisotopic (exact) mass is 563 g/mol. The van der Waals surface area contributed by atoms with Gasteiger partial charge in [-0.15, -0.1) is 0 Å². The first-order chi connectivity index (χ1) is 19.6.